The molecule has 6 nitrogen and oxygen atoms in total. The lowest BCUT2D eigenvalue weighted by Crippen LogP contribution is -2.20. The van der Waals surface area contributed by atoms with Gasteiger partial charge in [-0.2, -0.15) is 5.10 Å². The molecule has 0 unspecified atom stereocenters. The number of rotatable bonds is 5. The van der Waals surface area contributed by atoms with Crippen molar-refractivity contribution in [3.05, 3.63) is 53.7 Å². The zero-order chi connectivity index (χ0) is 21.3. The summed E-state index contributed by atoms with van der Waals surface area (Å²) < 4.78 is 34.2. The van der Waals surface area contributed by atoms with Crippen LogP contribution >= 0.6 is 0 Å². The van der Waals surface area contributed by atoms with Gasteiger partial charge in [0.2, 0.25) is 0 Å². The number of hydrogen-bond donors (Lipinski definition) is 2. The molecule has 1 saturated carbocycles. The molecule has 0 radical (unpaired) electrons. The molecular formula is C22H23F2N3O3. The van der Waals surface area contributed by atoms with Crippen LogP contribution in [0.15, 0.2) is 36.5 Å². The number of amides is 1. The van der Waals surface area contributed by atoms with Crippen LogP contribution in [-0.4, -0.2) is 34.5 Å². The summed E-state index contributed by atoms with van der Waals surface area (Å²) in [7, 11) is 1.48. The molecule has 0 aliphatic heterocycles. The first-order valence-electron chi connectivity index (χ1n) is 9.92. The molecule has 1 heterocycles. The van der Waals surface area contributed by atoms with Crippen molar-refractivity contribution in [1.29, 1.82) is 0 Å². The van der Waals surface area contributed by atoms with Crippen LogP contribution in [0.1, 0.15) is 42.1 Å². The van der Waals surface area contributed by atoms with Gasteiger partial charge in [-0.3, -0.25) is 9.48 Å². The number of carbonyl (C=O) groups excluding carboxylic acids is 1. The Morgan fingerprint density at radius 3 is 2.50 bits per heavy atom. The fourth-order valence-corrected chi connectivity index (χ4v) is 4.00. The van der Waals surface area contributed by atoms with Gasteiger partial charge in [0.15, 0.2) is 0 Å². The van der Waals surface area contributed by atoms with E-state index in [-0.39, 0.29) is 18.2 Å². The predicted molar refractivity (Wildman–Crippen MR) is 109 cm³/mol. The third kappa shape index (κ3) is 4.14. The summed E-state index contributed by atoms with van der Waals surface area (Å²) in [5.74, 6) is -1.51. The van der Waals surface area contributed by atoms with E-state index in [4.69, 9.17) is 4.74 Å². The summed E-state index contributed by atoms with van der Waals surface area (Å²) in [6.07, 6.45) is 5.75. The van der Waals surface area contributed by atoms with Crippen LogP contribution in [0.25, 0.3) is 10.9 Å². The third-order valence-corrected chi connectivity index (χ3v) is 5.66. The van der Waals surface area contributed by atoms with E-state index in [1.807, 2.05) is 10.9 Å². The molecule has 1 fully saturated rings. The summed E-state index contributed by atoms with van der Waals surface area (Å²) in [6, 6.07) is 6.40. The van der Waals surface area contributed by atoms with Crippen LogP contribution in [0.4, 0.5) is 14.5 Å². The smallest absolute Gasteiger partial charge is 0.255 e. The van der Waals surface area contributed by atoms with Crippen molar-refractivity contribution < 1.29 is 23.4 Å². The Morgan fingerprint density at radius 1 is 1.17 bits per heavy atom. The molecule has 2 aromatic carbocycles. The van der Waals surface area contributed by atoms with Crippen molar-refractivity contribution in [3.63, 3.8) is 0 Å². The topological polar surface area (TPSA) is 76.4 Å². The van der Waals surface area contributed by atoms with Gasteiger partial charge < -0.3 is 15.2 Å². The first-order chi connectivity index (χ1) is 14.5. The summed E-state index contributed by atoms with van der Waals surface area (Å²) in [6.45, 7) is 0.225. The molecule has 3 aromatic rings. The van der Waals surface area contributed by atoms with Gasteiger partial charge in [-0.05, 0) is 49.8 Å². The number of hydrogen-bond acceptors (Lipinski definition) is 4. The number of nitrogens with one attached hydrogen (secondary N) is 1. The Hall–Kier alpha value is -3.00. The highest BCUT2D eigenvalue weighted by molar-refractivity contribution is 6.06. The van der Waals surface area contributed by atoms with Crippen molar-refractivity contribution in [1.82, 2.24) is 9.78 Å². The van der Waals surface area contributed by atoms with Gasteiger partial charge in [0.25, 0.3) is 5.91 Å². The van der Waals surface area contributed by atoms with Gasteiger partial charge in [-0.1, -0.05) is 0 Å². The van der Waals surface area contributed by atoms with Crippen LogP contribution in [0.3, 0.4) is 0 Å². The third-order valence-electron chi connectivity index (χ3n) is 5.66. The zero-order valence-electron chi connectivity index (χ0n) is 16.6. The molecule has 2 N–H and O–H groups in total. The molecule has 1 aliphatic carbocycles. The van der Waals surface area contributed by atoms with Gasteiger partial charge in [0.05, 0.1) is 24.4 Å². The Kier molecular flexibility index (Phi) is 5.67. The highest BCUT2D eigenvalue weighted by Gasteiger charge is 2.23. The number of anilines is 1. The Bertz CT molecular complexity index is 1050. The maximum absolute atomic E-state index is 13.4. The number of carbonyl (C=O) groups is 1. The molecule has 1 aliphatic rings. The van der Waals surface area contributed by atoms with Crippen molar-refractivity contribution in [2.24, 2.45) is 5.92 Å². The largest absolute Gasteiger partial charge is 0.494 e. The lowest BCUT2D eigenvalue weighted by molar-refractivity contribution is 0.102. The van der Waals surface area contributed by atoms with Gasteiger partial charge in [-0.25, -0.2) is 8.78 Å². The lowest BCUT2D eigenvalue weighted by atomic mass is 9.87. The molecule has 0 bridgehead atoms. The monoisotopic (exact) mass is 415 g/mol. The standard InChI is InChI=1S/C22H23F2N3O3/c1-30-21-10-19-15(11-27(26-19)18-4-2-13(12-28)3-5-18)8-20(21)25-22(29)14-6-16(23)9-17(24)7-14/h6-11,13,18,28H,2-5,12H2,1H3,(H,25,29). The van der Waals surface area contributed by atoms with Crippen LogP contribution in [0.2, 0.25) is 0 Å². The number of nitrogens with zero attached hydrogens (tertiary/aromatic N) is 2. The molecular weight excluding hydrogens is 392 g/mol. The Labute approximate surface area is 172 Å². The first kappa shape index (κ1) is 20.3. The second kappa shape index (κ2) is 8.39. The SMILES string of the molecule is COc1cc2nn(C3CCC(CO)CC3)cc2cc1NC(=O)c1cc(F)cc(F)c1. The quantitative estimate of drug-likeness (QED) is 0.652. The van der Waals surface area contributed by atoms with E-state index >= 15 is 0 Å². The second-order valence-electron chi connectivity index (χ2n) is 7.69. The molecule has 8 heteroatoms. The highest BCUT2D eigenvalue weighted by atomic mass is 19.1. The Morgan fingerprint density at radius 2 is 1.87 bits per heavy atom. The predicted octanol–water partition coefficient (Wildman–Crippen LogP) is 4.30. The van der Waals surface area contributed by atoms with Crippen LogP contribution < -0.4 is 10.1 Å². The number of aliphatic hydroxyl groups is 1. The van der Waals surface area contributed by atoms with Crippen molar-refractivity contribution in [3.8, 4) is 5.75 Å². The van der Waals surface area contributed by atoms with Crippen LogP contribution in [0, 0.1) is 17.6 Å². The minimum Gasteiger partial charge on any atom is -0.494 e. The number of fused-ring (bicyclic) bond motifs is 1. The number of benzene rings is 2. The number of aromatic nitrogens is 2. The maximum Gasteiger partial charge on any atom is 0.255 e. The van der Waals surface area contributed by atoms with E-state index in [1.165, 1.54) is 7.11 Å². The molecule has 1 amide bonds. The lowest BCUT2D eigenvalue weighted by Gasteiger charge is -2.27. The van der Waals surface area contributed by atoms with Gasteiger partial charge in [-0.15, -0.1) is 0 Å². The molecule has 0 spiro atoms. The zero-order valence-corrected chi connectivity index (χ0v) is 16.6. The van der Waals surface area contributed by atoms with Gasteiger partial charge >= 0.3 is 0 Å². The fourth-order valence-electron chi connectivity index (χ4n) is 4.00. The van der Waals surface area contributed by atoms with Gasteiger partial charge in [0, 0.05) is 35.9 Å². The molecule has 158 valence electrons. The molecule has 0 atom stereocenters. The normalized spacial score (nSPS) is 19.1. The average molecular weight is 415 g/mol. The number of aliphatic hydroxyl groups excluding tert-OH is 1. The molecule has 4 rings (SSSR count). The van der Waals surface area contributed by atoms with E-state index in [9.17, 15) is 18.7 Å². The van der Waals surface area contributed by atoms with E-state index in [0.29, 0.717) is 23.4 Å². The molecule has 0 saturated heterocycles. The van der Waals surface area contributed by atoms with E-state index in [0.717, 1.165) is 48.7 Å². The average Bonchev–Trinajstić information content (AvgIpc) is 3.15. The summed E-state index contributed by atoms with van der Waals surface area (Å²) in [5, 5.41) is 17.5. The minimum absolute atomic E-state index is 0.119. The van der Waals surface area contributed by atoms with Crippen molar-refractivity contribution in [2.45, 2.75) is 31.7 Å². The maximum atomic E-state index is 13.4. The summed E-state index contributed by atoms with van der Waals surface area (Å²) in [4.78, 5) is 12.5. The number of ether oxygens (including phenoxy) is 1. The first-order valence-corrected chi connectivity index (χ1v) is 9.92. The van der Waals surface area contributed by atoms with Crippen molar-refractivity contribution in [2.75, 3.05) is 19.0 Å². The molecule has 30 heavy (non-hydrogen) atoms. The van der Waals surface area contributed by atoms with E-state index < -0.39 is 17.5 Å². The van der Waals surface area contributed by atoms with Gasteiger partial charge in [0.1, 0.15) is 17.4 Å². The number of methoxy groups -OCH3 is 1. The van der Waals surface area contributed by atoms with Crippen LogP contribution in [0.5, 0.6) is 5.75 Å². The molecule has 1 aromatic heterocycles. The minimum atomic E-state index is -0.820. The summed E-state index contributed by atoms with van der Waals surface area (Å²) in [5.41, 5.74) is 1.00. The number of halogens is 2. The van der Waals surface area contributed by atoms with E-state index in [1.54, 1.807) is 12.1 Å². The van der Waals surface area contributed by atoms with E-state index in [2.05, 4.69) is 10.4 Å². The van der Waals surface area contributed by atoms with Crippen molar-refractivity contribution >= 4 is 22.5 Å². The Balaban J connectivity index is 1.59. The highest BCUT2D eigenvalue weighted by Crippen LogP contribution is 2.35. The summed E-state index contributed by atoms with van der Waals surface area (Å²) >= 11 is 0. The fraction of sp³-hybridized carbons (Fsp3) is 0.364. The van der Waals surface area contributed by atoms with Crippen LogP contribution in [-0.2, 0) is 0 Å². The second-order valence-corrected chi connectivity index (χ2v) is 7.69.